The number of amides is 1. The van der Waals surface area contributed by atoms with Crippen LogP contribution in [0.4, 0.5) is 0 Å². The third kappa shape index (κ3) is 3.63. The van der Waals surface area contributed by atoms with E-state index in [9.17, 15) is 4.79 Å². The second-order valence-corrected chi connectivity index (χ2v) is 4.88. The summed E-state index contributed by atoms with van der Waals surface area (Å²) in [5.74, 6) is 1.07. The summed E-state index contributed by atoms with van der Waals surface area (Å²) in [5.41, 5.74) is 1.25. The number of nitrogens with one attached hydrogen (secondary N) is 2. The van der Waals surface area contributed by atoms with Crippen LogP contribution >= 0.6 is 24.2 Å². The molecule has 1 atom stereocenters. The second-order valence-electron chi connectivity index (χ2n) is 3.82. The van der Waals surface area contributed by atoms with Crippen molar-refractivity contribution in [3.8, 4) is 0 Å². The van der Waals surface area contributed by atoms with Crippen molar-refractivity contribution in [2.45, 2.75) is 17.4 Å². The molecule has 1 unspecified atom stereocenters. The van der Waals surface area contributed by atoms with Gasteiger partial charge < -0.3 is 10.6 Å². The minimum atomic E-state index is 0. The van der Waals surface area contributed by atoms with Gasteiger partial charge in [0, 0.05) is 23.6 Å². The lowest BCUT2D eigenvalue weighted by Gasteiger charge is -2.13. The Balaban J connectivity index is 0.00000144. The average molecular weight is 273 g/mol. The zero-order valence-electron chi connectivity index (χ0n) is 9.73. The largest absolute Gasteiger partial charge is 0.348 e. The summed E-state index contributed by atoms with van der Waals surface area (Å²) in [7, 11) is 1.86. The molecule has 1 aliphatic rings. The predicted octanol–water partition coefficient (Wildman–Crippen LogP) is 1.98. The van der Waals surface area contributed by atoms with Gasteiger partial charge in [-0.3, -0.25) is 4.79 Å². The van der Waals surface area contributed by atoms with E-state index >= 15 is 0 Å². The molecule has 0 aliphatic carbocycles. The highest BCUT2D eigenvalue weighted by molar-refractivity contribution is 7.99. The molecule has 1 amide bonds. The lowest BCUT2D eigenvalue weighted by molar-refractivity contribution is -0.121. The Morgan fingerprint density at radius 3 is 3.00 bits per heavy atom. The van der Waals surface area contributed by atoms with E-state index in [1.54, 1.807) is 0 Å². The lowest BCUT2D eigenvalue weighted by atomic mass is 10.1. The predicted molar refractivity (Wildman–Crippen MR) is 73.8 cm³/mol. The van der Waals surface area contributed by atoms with Crippen molar-refractivity contribution in [2.24, 2.45) is 0 Å². The monoisotopic (exact) mass is 272 g/mol. The van der Waals surface area contributed by atoms with Crippen LogP contribution in [0.25, 0.3) is 0 Å². The number of fused-ring (bicyclic) bond motifs is 1. The Labute approximate surface area is 112 Å². The molecule has 94 valence electrons. The van der Waals surface area contributed by atoms with Gasteiger partial charge in [0.25, 0.3) is 0 Å². The Bertz CT molecular complexity index is 387. The van der Waals surface area contributed by atoms with Gasteiger partial charge >= 0.3 is 0 Å². The molecular weight excluding hydrogens is 256 g/mol. The van der Waals surface area contributed by atoms with E-state index in [-0.39, 0.29) is 24.4 Å². The molecular formula is C12H17ClN2OS. The van der Waals surface area contributed by atoms with Crippen LogP contribution in [-0.4, -0.2) is 25.3 Å². The van der Waals surface area contributed by atoms with Crippen LogP contribution in [0, 0.1) is 0 Å². The third-order valence-electron chi connectivity index (χ3n) is 2.64. The molecule has 0 bridgehead atoms. The van der Waals surface area contributed by atoms with Gasteiger partial charge in [-0.2, -0.15) is 0 Å². The fourth-order valence-corrected chi connectivity index (χ4v) is 2.95. The molecule has 1 aromatic rings. The highest BCUT2D eigenvalue weighted by Gasteiger charge is 2.23. The van der Waals surface area contributed by atoms with Gasteiger partial charge in [-0.15, -0.1) is 24.2 Å². The molecule has 0 aromatic heterocycles. The van der Waals surface area contributed by atoms with Crippen molar-refractivity contribution in [1.82, 2.24) is 10.6 Å². The number of halogens is 1. The Kier molecular flexibility index (Phi) is 5.82. The first-order chi connectivity index (χ1) is 7.81. The Hall–Kier alpha value is -0.710. The molecule has 3 nitrogen and oxygen atoms in total. The van der Waals surface area contributed by atoms with Crippen LogP contribution in [0.3, 0.4) is 0 Å². The van der Waals surface area contributed by atoms with Crippen LogP contribution in [0.15, 0.2) is 29.2 Å². The number of hydrogen-bond donors (Lipinski definition) is 2. The van der Waals surface area contributed by atoms with Gasteiger partial charge in [0.1, 0.15) is 0 Å². The zero-order valence-corrected chi connectivity index (χ0v) is 11.4. The van der Waals surface area contributed by atoms with Crippen LogP contribution in [0.2, 0.25) is 0 Å². The van der Waals surface area contributed by atoms with Gasteiger partial charge in [0.2, 0.25) is 5.91 Å². The highest BCUT2D eigenvalue weighted by atomic mass is 35.5. The molecule has 0 saturated carbocycles. The number of benzene rings is 1. The quantitative estimate of drug-likeness (QED) is 0.881. The molecule has 0 fully saturated rings. The number of thioether (sulfide) groups is 1. The maximum atomic E-state index is 11.6. The molecule has 1 aliphatic heterocycles. The van der Waals surface area contributed by atoms with Crippen molar-refractivity contribution in [2.75, 3.05) is 19.3 Å². The smallest absolute Gasteiger partial charge is 0.221 e. The molecule has 0 radical (unpaired) electrons. The Morgan fingerprint density at radius 1 is 1.47 bits per heavy atom. The van der Waals surface area contributed by atoms with E-state index in [1.165, 1.54) is 10.5 Å². The molecule has 0 spiro atoms. The second kappa shape index (κ2) is 6.89. The number of hydrogen-bond acceptors (Lipinski definition) is 3. The van der Waals surface area contributed by atoms with Crippen molar-refractivity contribution < 1.29 is 4.79 Å². The lowest BCUT2D eigenvalue weighted by Crippen LogP contribution is -2.30. The summed E-state index contributed by atoms with van der Waals surface area (Å²) in [6.45, 7) is 0.730. The third-order valence-corrected chi connectivity index (χ3v) is 3.82. The van der Waals surface area contributed by atoms with Crippen molar-refractivity contribution in [1.29, 1.82) is 0 Å². The van der Waals surface area contributed by atoms with Gasteiger partial charge in [-0.05, 0) is 18.7 Å². The highest BCUT2D eigenvalue weighted by Crippen LogP contribution is 2.37. The van der Waals surface area contributed by atoms with Gasteiger partial charge in [-0.1, -0.05) is 18.2 Å². The van der Waals surface area contributed by atoms with E-state index in [4.69, 9.17) is 0 Å². The summed E-state index contributed by atoms with van der Waals surface area (Å²) in [6.07, 6.45) is 0.542. The SMILES string of the molecule is CNCCC(=O)NC1CSc2ccccc21.Cl. The minimum absolute atomic E-state index is 0. The topological polar surface area (TPSA) is 41.1 Å². The normalized spacial score (nSPS) is 17.1. The van der Waals surface area contributed by atoms with Crippen LogP contribution in [0.5, 0.6) is 0 Å². The number of carbonyl (C=O) groups is 1. The fraction of sp³-hybridized carbons (Fsp3) is 0.417. The summed E-state index contributed by atoms with van der Waals surface area (Å²) >= 11 is 1.81. The molecule has 2 N–H and O–H groups in total. The van der Waals surface area contributed by atoms with Crippen molar-refractivity contribution in [3.05, 3.63) is 29.8 Å². The van der Waals surface area contributed by atoms with E-state index in [0.717, 1.165) is 12.3 Å². The molecule has 2 rings (SSSR count). The summed E-state index contributed by atoms with van der Waals surface area (Å²) in [5, 5.41) is 6.05. The van der Waals surface area contributed by atoms with Crippen molar-refractivity contribution in [3.63, 3.8) is 0 Å². The fourth-order valence-electron chi connectivity index (χ4n) is 1.79. The van der Waals surface area contributed by atoms with E-state index in [2.05, 4.69) is 22.8 Å². The molecule has 1 heterocycles. The number of carbonyl (C=O) groups excluding carboxylic acids is 1. The molecule has 1 aromatic carbocycles. The minimum Gasteiger partial charge on any atom is -0.348 e. The number of rotatable bonds is 4. The van der Waals surface area contributed by atoms with Crippen LogP contribution in [-0.2, 0) is 4.79 Å². The van der Waals surface area contributed by atoms with Crippen LogP contribution in [0.1, 0.15) is 18.0 Å². The maximum absolute atomic E-state index is 11.6. The average Bonchev–Trinajstić information content (AvgIpc) is 2.70. The van der Waals surface area contributed by atoms with E-state index < -0.39 is 0 Å². The Morgan fingerprint density at radius 2 is 2.24 bits per heavy atom. The van der Waals surface area contributed by atoms with Gasteiger partial charge in [0.05, 0.1) is 6.04 Å². The first-order valence-corrected chi connectivity index (χ1v) is 6.45. The molecule has 0 saturated heterocycles. The molecule has 5 heteroatoms. The van der Waals surface area contributed by atoms with E-state index in [1.807, 2.05) is 30.9 Å². The summed E-state index contributed by atoms with van der Waals surface area (Å²) in [4.78, 5) is 12.9. The maximum Gasteiger partial charge on any atom is 0.221 e. The first-order valence-electron chi connectivity index (χ1n) is 5.47. The zero-order chi connectivity index (χ0) is 11.4. The standard InChI is InChI=1S/C12H16N2OS.ClH/c1-13-7-6-12(15)14-10-8-16-11-5-3-2-4-9(10)11;/h2-5,10,13H,6-8H2,1H3,(H,14,15);1H. The van der Waals surface area contributed by atoms with Gasteiger partial charge in [0.15, 0.2) is 0 Å². The summed E-state index contributed by atoms with van der Waals surface area (Å²) in [6, 6.07) is 8.46. The van der Waals surface area contributed by atoms with Crippen molar-refractivity contribution >= 4 is 30.1 Å². The molecule has 17 heavy (non-hydrogen) atoms. The van der Waals surface area contributed by atoms with Crippen LogP contribution < -0.4 is 10.6 Å². The van der Waals surface area contributed by atoms with E-state index in [0.29, 0.717) is 6.42 Å². The van der Waals surface area contributed by atoms with Gasteiger partial charge in [-0.25, -0.2) is 0 Å². The first kappa shape index (κ1) is 14.4. The summed E-state index contributed by atoms with van der Waals surface area (Å²) < 4.78 is 0.